The maximum absolute atomic E-state index is 9.08. The molecule has 1 fully saturated rings. The zero-order valence-corrected chi connectivity index (χ0v) is 9.56. The third kappa shape index (κ3) is 3.07. The summed E-state index contributed by atoms with van der Waals surface area (Å²) >= 11 is 0. The minimum Gasteiger partial charge on any atom is -0.468 e. The summed E-state index contributed by atoms with van der Waals surface area (Å²) in [6.07, 6.45) is 3.70. The van der Waals surface area contributed by atoms with Gasteiger partial charge in [-0.25, -0.2) is 0 Å². The molecule has 0 radical (unpaired) electrons. The van der Waals surface area contributed by atoms with Crippen molar-refractivity contribution in [3.63, 3.8) is 0 Å². The summed E-state index contributed by atoms with van der Waals surface area (Å²) in [6.45, 7) is 4.19. The minimum absolute atomic E-state index is 0.251. The van der Waals surface area contributed by atoms with Gasteiger partial charge in [0.05, 0.1) is 12.8 Å². The van der Waals surface area contributed by atoms with Crippen LogP contribution in [0.4, 0.5) is 0 Å². The standard InChI is InChI=1S/C12H20N2O2/c15-7-4-11-9-13-5-2-6-14(11)10-12-3-1-8-16-12/h1,3,8,11,13,15H,2,4-7,9-10H2. The van der Waals surface area contributed by atoms with Crippen LogP contribution >= 0.6 is 0 Å². The van der Waals surface area contributed by atoms with Gasteiger partial charge in [-0.3, -0.25) is 4.90 Å². The lowest BCUT2D eigenvalue weighted by Crippen LogP contribution is -2.39. The van der Waals surface area contributed by atoms with Gasteiger partial charge in [0.15, 0.2) is 0 Å². The van der Waals surface area contributed by atoms with Crippen LogP contribution in [0.15, 0.2) is 22.8 Å². The van der Waals surface area contributed by atoms with E-state index < -0.39 is 0 Å². The fourth-order valence-electron chi connectivity index (χ4n) is 2.23. The second kappa shape index (κ2) is 6.03. The Kier molecular flexibility index (Phi) is 4.39. The highest BCUT2D eigenvalue weighted by Crippen LogP contribution is 2.13. The zero-order chi connectivity index (χ0) is 11.2. The molecule has 0 aromatic carbocycles. The maximum Gasteiger partial charge on any atom is 0.117 e. The highest BCUT2D eigenvalue weighted by molar-refractivity contribution is 4.98. The molecule has 1 aliphatic heterocycles. The number of nitrogens with one attached hydrogen (secondary N) is 1. The summed E-state index contributed by atoms with van der Waals surface area (Å²) in [5, 5.41) is 12.5. The second-order valence-electron chi connectivity index (χ2n) is 4.27. The Morgan fingerprint density at radius 1 is 1.56 bits per heavy atom. The molecule has 1 aliphatic rings. The Balaban J connectivity index is 1.96. The molecule has 1 atom stereocenters. The summed E-state index contributed by atoms with van der Waals surface area (Å²) in [5.41, 5.74) is 0. The van der Waals surface area contributed by atoms with Crippen LogP contribution in [0.2, 0.25) is 0 Å². The van der Waals surface area contributed by atoms with Gasteiger partial charge < -0.3 is 14.8 Å². The van der Waals surface area contributed by atoms with E-state index in [1.807, 2.05) is 12.1 Å². The van der Waals surface area contributed by atoms with Gasteiger partial charge in [0.2, 0.25) is 0 Å². The van der Waals surface area contributed by atoms with Crippen molar-refractivity contribution in [2.24, 2.45) is 0 Å². The Morgan fingerprint density at radius 2 is 2.50 bits per heavy atom. The highest BCUT2D eigenvalue weighted by Gasteiger charge is 2.20. The average Bonchev–Trinajstić information content (AvgIpc) is 2.69. The van der Waals surface area contributed by atoms with Crippen LogP contribution in [0.25, 0.3) is 0 Å². The summed E-state index contributed by atoms with van der Waals surface area (Å²) in [5.74, 6) is 1.00. The smallest absolute Gasteiger partial charge is 0.117 e. The molecule has 1 saturated heterocycles. The van der Waals surface area contributed by atoms with E-state index in [-0.39, 0.29) is 6.61 Å². The molecule has 0 spiro atoms. The van der Waals surface area contributed by atoms with Gasteiger partial charge in [-0.15, -0.1) is 0 Å². The van der Waals surface area contributed by atoms with Crippen molar-refractivity contribution in [1.82, 2.24) is 10.2 Å². The maximum atomic E-state index is 9.08. The van der Waals surface area contributed by atoms with Crippen LogP contribution < -0.4 is 5.32 Å². The number of hydrogen-bond acceptors (Lipinski definition) is 4. The molecule has 2 rings (SSSR count). The lowest BCUT2D eigenvalue weighted by molar-refractivity contribution is 0.150. The molecule has 90 valence electrons. The number of hydrogen-bond donors (Lipinski definition) is 2. The van der Waals surface area contributed by atoms with Crippen LogP contribution in [0, 0.1) is 0 Å². The normalized spacial score (nSPS) is 23.2. The van der Waals surface area contributed by atoms with E-state index in [1.54, 1.807) is 6.26 Å². The quantitative estimate of drug-likeness (QED) is 0.795. The molecular formula is C12H20N2O2. The molecule has 4 heteroatoms. The van der Waals surface area contributed by atoms with Crippen LogP contribution in [0.5, 0.6) is 0 Å². The van der Waals surface area contributed by atoms with E-state index in [2.05, 4.69) is 10.2 Å². The highest BCUT2D eigenvalue weighted by atomic mass is 16.3. The second-order valence-corrected chi connectivity index (χ2v) is 4.27. The van der Waals surface area contributed by atoms with Gasteiger partial charge in [-0.05, 0) is 31.5 Å². The molecule has 0 aliphatic carbocycles. The van der Waals surface area contributed by atoms with Crippen molar-refractivity contribution in [3.05, 3.63) is 24.2 Å². The summed E-state index contributed by atoms with van der Waals surface area (Å²) < 4.78 is 5.38. The first-order chi connectivity index (χ1) is 7.90. The van der Waals surface area contributed by atoms with Gasteiger partial charge >= 0.3 is 0 Å². The molecule has 0 saturated carbocycles. The summed E-state index contributed by atoms with van der Waals surface area (Å²) in [6, 6.07) is 4.35. The van der Waals surface area contributed by atoms with Crippen molar-refractivity contribution in [2.75, 3.05) is 26.2 Å². The molecule has 4 nitrogen and oxygen atoms in total. The van der Waals surface area contributed by atoms with Gasteiger partial charge in [0, 0.05) is 25.7 Å². The fraction of sp³-hybridized carbons (Fsp3) is 0.667. The van der Waals surface area contributed by atoms with E-state index in [1.165, 1.54) is 0 Å². The Labute approximate surface area is 96.2 Å². The lowest BCUT2D eigenvalue weighted by atomic mass is 10.1. The van der Waals surface area contributed by atoms with E-state index in [0.717, 1.165) is 44.8 Å². The number of nitrogens with zero attached hydrogens (tertiary/aromatic N) is 1. The fourth-order valence-corrected chi connectivity index (χ4v) is 2.23. The van der Waals surface area contributed by atoms with Gasteiger partial charge in [0.1, 0.15) is 5.76 Å². The lowest BCUT2D eigenvalue weighted by Gasteiger charge is -2.28. The van der Waals surface area contributed by atoms with Crippen molar-refractivity contribution >= 4 is 0 Å². The molecule has 1 aromatic heterocycles. The molecule has 16 heavy (non-hydrogen) atoms. The number of aliphatic hydroxyl groups excluding tert-OH is 1. The largest absolute Gasteiger partial charge is 0.468 e. The zero-order valence-electron chi connectivity index (χ0n) is 9.56. The van der Waals surface area contributed by atoms with Crippen molar-refractivity contribution in [2.45, 2.75) is 25.4 Å². The van der Waals surface area contributed by atoms with Crippen LogP contribution in [-0.2, 0) is 6.54 Å². The average molecular weight is 224 g/mol. The van der Waals surface area contributed by atoms with E-state index in [0.29, 0.717) is 6.04 Å². The first-order valence-corrected chi connectivity index (χ1v) is 5.98. The van der Waals surface area contributed by atoms with Gasteiger partial charge in [0.25, 0.3) is 0 Å². The Hall–Kier alpha value is -0.840. The number of rotatable bonds is 4. The third-order valence-electron chi connectivity index (χ3n) is 3.10. The summed E-state index contributed by atoms with van der Waals surface area (Å²) in [7, 11) is 0. The molecule has 0 amide bonds. The molecule has 1 unspecified atom stereocenters. The molecule has 2 N–H and O–H groups in total. The van der Waals surface area contributed by atoms with E-state index in [4.69, 9.17) is 9.52 Å². The van der Waals surface area contributed by atoms with E-state index in [9.17, 15) is 0 Å². The first-order valence-electron chi connectivity index (χ1n) is 5.98. The Morgan fingerprint density at radius 3 is 3.25 bits per heavy atom. The van der Waals surface area contributed by atoms with Crippen LogP contribution in [0.1, 0.15) is 18.6 Å². The third-order valence-corrected chi connectivity index (χ3v) is 3.10. The van der Waals surface area contributed by atoms with Crippen molar-refractivity contribution in [3.8, 4) is 0 Å². The summed E-state index contributed by atoms with van der Waals surface area (Å²) in [4.78, 5) is 2.40. The molecule has 1 aromatic rings. The van der Waals surface area contributed by atoms with Crippen molar-refractivity contribution < 1.29 is 9.52 Å². The number of furan rings is 1. The molecule has 2 heterocycles. The van der Waals surface area contributed by atoms with Crippen LogP contribution in [-0.4, -0.2) is 42.3 Å². The van der Waals surface area contributed by atoms with Gasteiger partial charge in [-0.1, -0.05) is 0 Å². The monoisotopic (exact) mass is 224 g/mol. The molecular weight excluding hydrogens is 204 g/mol. The van der Waals surface area contributed by atoms with E-state index >= 15 is 0 Å². The molecule has 0 bridgehead atoms. The predicted octanol–water partition coefficient (Wildman–Crippen LogP) is 0.826. The van der Waals surface area contributed by atoms with Gasteiger partial charge in [-0.2, -0.15) is 0 Å². The predicted molar refractivity (Wildman–Crippen MR) is 62.1 cm³/mol. The Bertz CT molecular complexity index is 287. The van der Waals surface area contributed by atoms with Crippen LogP contribution in [0.3, 0.4) is 0 Å². The van der Waals surface area contributed by atoms with Crippen molar-refractivity contribution in [1.29, 1.82) is 0 Å². The first kappa shape index (κ1) is 11.6. The minimum atomic E-state index is 0.251. The SMILES string of the molecule is OCCC1CNCCCN1Cc1ccco1. The topological polar surface area (TPSA) is 48.6 Å². The number of aliphatic hydroxyl groups is 1.